The lowest BCUT2D eigenvalue weighted by molar-refractivity contribution is -0.145. The molecule has 3 rings (SSSR count). The summed E-state index contributed by atoms with van der Waals surface area (Å²) in [5, 5.41) is 9.85. The van der Waals surface area contributed by atoms with Crippen molar-refractivity contribution in [2.45, 2.75) is 38.2 Å². The van der Waals surface area contributed by atoms with Crippen molar-refractivity contribution >= 4 is 23.6 Å². The van der Waals surface area contributed by atoms with Crippen molar-refractivity contribution in [2.24, 2.45) is 0 Å². The lowest BCUT2D eigenvalue weighted by Crippen LogP contribution is -2.21. The Kier molecular flexibility index (Phi) is 5.57. The molecular weight excluding hydrogens is 338 g/mol. The van der Waals surface area contributed by atoms with Gasteiger partial charge in [0.25, 0.3) is 0 Å². The molecular formula is C20H18ClNO3. The van der Waals surface area contributed by atoms with Gasteiger partial charge in [-0.3, -0.25) is 0 Å². The number of furan rings is 1. The quantitative estimate of drug-likeness (QED) is 0.419. The fourth-order valence-corrected chi connectivity index (χ4v) is 3.14. The Morgan fingerprint density at radius 3 is 2.68 bits per heavy atom. The zero-order valence-electron chi connectivity index (χ0n) is 13.7. The first-order valence-electron chi connectivity index (χ1n) is 8.35. The van der Waals surface area contributed by atoms with Crippen LogP contribution in [0.25, 0.3) is 17.4 Å². The molecule has 1 aliphatic carbocycles. The van der Waals surface area contributed by atoms with E-state index >= 15 is 0 Å². The maximum atomic E-state index is 12.2. The molecule has 25 heavy (non-hydrogen) atoms. The zero-order valence-corrected chi connectivity index (χ0v) is 14.5. The van der Waals surface area contributed by atoms with E-state index in [1.54, 1.807) is 18.2 Å². The standard InChI is InChI=1S/C20H18ClNO3/c21-18-9-5-4-8-17(18)19-11-10-16(24-19)12-14(13-22)20(23)25-15-6-2-1-3-7-15/h4-5,8-12,15H,1-3,6-7H2/b14-12+. The van der Waals surface area contributed by atoms with Crippen molar-refractivity contribution < 1.29 is 13.9 Å². The molecule has 5 heteroatoms. The highest BCUT2D eigenvalue weighted by molar-refractivity contribution is 6.33. The van der Waals surface area contributed by atoms with Crippen molar-refractivity contribution in [3.63, 3.8) is 0 Å². The van der Waals surface area contributed by atoms with Gasteiger partial charge in [-0.05, 0) is 49.9 Å². The van der Waals surface area contributed by atoms with Gasteiger partial charge in [-0.25, -0.2) is 4.79 Å². The SMILES string of the molecule is N#C/C(=C\c1ccc(-c2ccccc2Cl)o1)C(=O)OC1CCCCC1. The van der Waals surface area contributed by atoms with Gasteiger partial charge in [0.15, 0.2) is 0 Å². The van der Waals surface area contributed by atoms with Gasteiger partial charge in [-0.2, -0.15) is 5.26 Å². The van der Waals surface area contributed by atoms with E-state index in [0.29, 0.717) is 16.5 Å². The molecule has 1 saturated carbocycles. The van der Waals surface area contributed by atoms with Crippen LogP contribution in [-0.2, 0) is 9.53 Å². The van der Waals surface area contributed by atoms with Crippen LogP contribution in [0.1, 0.15) is 37.9 Å². The first kappa shape index (κ1) is 17.3. The number of nitriles is 1. The molecule has 0 N–H and O–H groups in total. The Labute approximate surface area is 151 Å². The van der Waals surface area contributed by atoms with Crippen molar-refractivity contribution in [1.29, 1.82) is 5.26 Å². The summed E-state index contributed by atoms with van der Waals surface area (Å²) in [5.74, 6) is 0.395. The maximum Gasteiger partial charge on any atom is 0.349 e. The summed E-state index contributed by atoms with van der Waals surface area (Å²) in [6.07, 6.45) is 6.33. The molecule has 1 aromatic heterocycles. The first-order chi connectivity index (χ1) is 12.2. The van der Waals surface area contributed by atoms with Crippen LogP contribution in [0.4, 0.5) is 0 Å². The van der Waals surface area contributed by atoms with E-state index in [9.17, 15) is 10.1 Å². The molecule has 0 radical (unpaired) electrons. The Bertz CT molecular complexity index is 825. The highest BCUT2D eigenvalue weighted by Gasteiger charge is 2.20. The number of benzene rings is 1. The third kappa shape index (κ3) is 4.32. The van der Waals surface area contributed by atoms with Crippen LogP contribution < -0.4 is 0 Å². The Balaban J connectivity index is 1.75. The number of esters is 1. The van der Waals surface area contributed by atoms with Gasteiger partial charge in [-0.15, -0.1) is 0 Å². The van der Waals surface area contributed by atoms with E-state index < -0.39 is 5.97 Å². The molecule has 128 valence electrons. The fraction of sp³-hybridized carbons (Fsp3) is 0.300. The summed E-state index contributed by atoms with van der Waals surface area (Å²) in [6, 6.07) is 12.7. The lowest BCUT2D eigenvalue weighted by Gasteiger charge is -2.21. The second-order valence-electron chi connectivity index (χ2n) is 6.02. The number of hydrogen-bond acceptors (Lipinski definition) is 4. The summed E-state index contributed by atoms with van der Waals surface area (Å²) in [5.41, 5.74) is 0.692. The molecule has 1 fully saturated rings. The summed E-state index contributed by atoms with van der Waals surface area (Å²) in [4.78, 5) is 12.2. The number of rotatable bonds is 4. The average Bonchev–Trinajstić information content (AvgIpc) is 3.09. The largest absolute Gasteiger partial charge is 0.458 e. The molecule has 1 heterocycles. The molecule has 0 amide bonds. The summed E-state index contributed by atoms with van der Waals surface area (Å²) in [6.45, 7) is 0. The molecule has 2 aromatic rings. The number of nitrogens with zero attached hydrogens (tertiary/aromatic N) is 1. The molecule has 0 aliphatic heterocycles. The molecule has 0 bridgehead atoms. The van der Waals surface area contributed by atoms with Crippen LogP contribution in [0.15, 0.2) is 46.4 Å². The normalized spacial score (nSPS) is 15.6. The smallest absolute Gasteiger partial charge is 0.349 e. The van der Waals surface area contributed by atoms with Crippen molar-refractivity contribution in [1.82, 2.24) is 0 Å². The number of halogens is 1. The molecule has 0 atom stereocenters. The maximum absolute atomic E-state index is 12.2. The first-order valence-corrected chi connectivity index (χ1v) is 8.72. The highest BCUT2D eigenvalue weighted by Crippen LogP contribution is 2.29. The van der Waals surface area contributed by atoms with Gasteiger partial charge in [0.1, 0.15) is 29.3 Å². The highest BCUT2D eigenvalue weighted by atomic mass is 35.5. The van der Waals surface area contributed by atoms with Crippen LogP contribution in [0.5, 0.6) is 0 Å². The summed E-state index contributed by atoms with van der Waals surface area (Å²) in [7, 11) is 0. The van der Waals surface area contributed by atoms with Crippen LogP contribution in [0, 0.1) is 11.3 Å². The predicted molar refractivity (Wildman–Crippen MR) is 95.7 cm³/mol. The number of carbonyl (C=O) groups is 1. The minimum atomic E-state index is -0.593. The van der Waals surface area contributed by atoms with Gasteiger partial charge in [0, 0.05) is 11.6 Å². The van der Waals surface area contributed by atoms with Crippen LogP contribution in [0.3, 0.4) is 0 Å². The van der Waals surface area contributed by atoms with E-state index in [4.69, 9.17) is 20.8 Å². The number of ether oxygens (including phenoxy) is 1. The van der Waals surface area contributed by atoms with E-state index in [1.165, 1.54) is 12.5 Å². The van der Waals surface area contributed by atoms with E-state index in [0.717, 1.165) is 31.2 Å². The molecule has 1 aliphatic rings. The lowest BCUT2D eigenvalue weighted by atomic mass is 9.98. The predicted octanol–water partition coefficient (Wildman–Crippen LogP) is 5.38. The number of hydrogen-bond donors (Lipinski definition) is 0. The molecule has 0 spiro atoms. The minimum Gasteiger partial charge on any atom is -0.458 e. The number of carbonyl (C=O) groups excluding carboxylic acids is 1. The van der Waals surface area contributed by atoms with Crippen molar-refractivity contribution in [3.05, 3.63) is 52.8 Å². The van der Waals surface area contributed by atoms with Crippen molar-refractivity contribution in [3.8, 4) is 17.4 Å². The van der Waals surface area contributed by atoms with Crippen LogP contribution in [-0.4, -0.2) is 12.1 Å². The summed E-state index contributed by atoms with van der Waals surface area (Å²) >= 11 is 6.16. The molecule has 1 aromatic carbocycles. The van der Waals surface area contributed by atoms with Gasteiger partial charge < -0.3 is 9.15 Å². The Hall–Kier alpha value is -2.51. The molecule has 4 nitrogen and oxygen atoms in total. The second kappa shape index (κ2) is 8.04. The Morgan fingerprint density at radius 1 is 1.20 bits per heavy atom. The monoisotopic (exact) mass is 355 g/mol. The second-order valence-corrected chi connectivity index (χ2v) is 6.42. The fourth-order valence-electron chi connectivity index (χ4n) is 2.91. The summed E-state index contributed by atoms with van der Waals surface area (Å²) < 4.78 is 11.1. The van der Waals surface area contributed by atoms with E-state index in [-0.39, 0.29) is 11.7 Å². The van der Waals surface area contributed by atoms with Crippen LogP contribution >= 0.6 is 11.6 Å². The van der Waals surface area contributed by atoms with Crippen LogP contribution in [0.2, 0.25) is 5.02 Å². The molecule has 0 unspecified atom stereocenters. The van der Waals surface area contributed by atoms with Gasteiger partial charge in [0.2, 0.25) is 0 Å². The van der Waals surface area contributed by atoms with E-state index in [2.05, 4.69) is 0 Å². The molecule has 0 saturated heterocycles. The van der Waals surface area contributed by atoms with Gasteiger partial charge in [-0.1, -0.05) is 30.2 Å². The zero-order chi connectivity index (χ0) is 17.6. The van der Waals surface area contributed by atoms with Crippen molar-refractivity contribution in [2.75, 3.05) is 0 Å². The average molecular weight is 356 g/mol. The van der Waals surface area contributed by atoms with Gasteiger partial charge in [0.05, 0.1) is 5.02 Å². The van der Waals surface area contributed by atoms with E-state index in [1.807, 2.05) is 24.3 Å². The van der Waals surface area contributed by atoms with Gasteiger partial charge >= 0.3 is 5.97 Å². The minimum absolute atomic E-state index is 0.0642. The third-order valence-corrected chi connectivity index (χ3v) is 4.55. The Morgan fingerprint density at radius 2 is 1.96 bits per heavy atom. The topological polar surface area (TPSA) is 63.2 Å². The third-order valence-electron chi connectivity index (χ3n) is 4.22.